The van der Waals surface area contributed by atoms with Crippen LogP contribution in [0.4, 0.5) is 5.69 Å². The molecular formula is C17H20N4. The highest BCUT2D eigenvalue weighted by Gasteiger charge is 2.08. The van der Waals surface area contributed by atoms with E-state index in [1.807, 2.05) is 12.3 Å². The van der Waals surface area contributed by atoms with Crippen LogP contribution in [-0.4, -0.2) is 16.4 Å². The summed E-state index contributed by atoms with van der Waals surface area (Å²) in [5.74, 6) is 0. The molecule has 2 aromatic heterocycles. The minimum absolute atomic E-state index is 0.469. The Labute approximate surface area is 124 Å². The maximum Gasteiger partial charge on any atom is 0.140 e. The van der Waals surface area contributed by atoms with Gasteiger partial charge in [-0.25, -0.2) is 4.98 Å². The number of hydrogen-bond donors (Lipinski definition) is 1. The van der Waals surface area contributed by atoms with Gasteiger partial charge in [-0.3, -0.25) is 0 Å². The topological polar surface area (TPSA) is 46.6 Å². The molecule has 1 aromatic carbocycles. The van der Waals surface area contributed by atoms with Crippen molar-refractivity contribution >= 4 is 11.3 Å². The number of anilines is 1. The van der Waals surface area contributed by atoms with Crippen LogP contribution in [0.25, 0.3) is 5.65 Å². The molecule has 3 aromatic rings. The molecule has 0 unspecified atom stereocenters. The van der Waals surface area contributed by atoms with E-state index in [1.165, 1.54) is 11.3 Å². The smallest absolute Gasteiger partial charge is 0.140 e. The van der Waals surface area contributed by atoms with Crippen LogP contribution in [0.15, 0.2) is 48.8 Å². The van der Waals surface area contributed by atoms with Crippen LogP contribution < -0.4 is 10.6 Å². The summed E-state index contributed by atoms with van der Waals surface area (Å²) < 4.78 is 2.06. The molecule has 0 amide bonds. The summed E-state index contributed by atoms with van der Waals surface area (Å²) in [6.45, 7) is 3.43. The number of imidazole rings is 1. The standard InChI is InChI=1S/C17H20N4/c1-13-8-16(12-21-11-15(9-18)19-17(13)21)20(2)10-14-6-4-3-5-7-14/h3-8,11-12H,9-10,18H2,1-2H3. The zero-order valence-electron chi connectivity index (χ0n) is 12.5. The summed E-state index contributed by atoms with van der Waals surface area (Å²) in [5.41, 5.74) is 11.2. The fourth-order valence-electron chi connectivity index (χ4n) is 2.56. The highest BCUT2D eigenvalue weighted by atomic mass is 15.1. The van der Waals surface area contributed by atoms with E-state index in [9.17, 15) is 0 Å². The second kappa shape index (κ2) is 5.58. The molecule has 0 aliphatic carbocycles. The Morgan fingerprint density at radius 3 is 2.67 bits per heavy atom. The Balaban J connectivity index is 1.92. The largest absolute Gasteiger partial charge is 0.369 e. The first-order valence-electron chi connectivity index (χ1n) is 7.11. The fourth-order valence-corrected chi connectivity index (χ4v) is 2.56. The molecule has 21 heavy (non-hydrogen) atoms. The summed E-state index contributed by atoms with van der Waals surface area (Å²) in [6.07, 6.45) is 4.11. The minimum Gasteiger partial charge on any atom is -0.369 e. The van der Waals surface area contributed by atoms with Crippen LogP contribution in [0.3, 0.4) is 0 Å². The molecule has 2 N–H and O–H groups in total. The van der Waals surface area contributed by atoms with E-state index >= 15 is 0 Å². The fraction of sp³-hybridized carbons (Fsp3) is 0.235. The van der Waals surface area contributed by atoms with Crippen molar-refractivity contribution in [2.45, 2.75) is 20.0 Å². The first kappa shape index (κ1) is 13.6. The van der Waals surface area contributed by atoms with E-state index in [0.717, 1.165) is 23.4 Å². The highest BCUT2D eigenvalue weighted by molar-refractivity contribution is 5.58. The Hall–Kier alpha value is -2.33. The predicted molar refractivity (Wildman–Crippen MR) is 86.4 cm³/mol. The zero-order valence-corrected chi connectivity index (χ0v) is 12.5. The molecule has 4 heteroatoms. The lowest BCUT2D eigenvalue weighted by Gasteiger charge is -2.20. The van der Waals surface area contributed by atoms with Crippen molar-refractivity contribution in [3.63, 3.8) is 0 Å². The normalized spacial score (nSPS) is 11.0. The number of pyridine rings is 1. The van der Waals surface area contributed by atoms with Crippen molar-refractivity contribution in [2.75, 3.05) is 11.9 Å². The maximum absolute atomic E-state index is 5.68. The van der Waals surface area contributed by atoms with Gasteiger partial charge in [-0.15, -0.1) is 0 Å². The molecule has 108 valence electrons. The van der Waals surface area contributed by atoms with Gasteiger partial charge in [-0.05, 0) is 24.1 Å². The molecule has 0 fully saturated rings. The predicted octanol–water partition coefficient (Wildman–Crippen LogP) is 2.74. The molecule has 0 bridgehead atoms. The Morgan fingerprint density at radius 1 is 1.19 bits per heavy atom. The molecule has 0 radical (unpaired) electrons. The van der Waals surface area contributed by atoms with E-state index in [-0.39, 0.29) is 0 Å². The van der Waals surface area contributed by atoms with Crippen LogP contribution in [-0.2, 0) is 13.1 Å². The van der Waals surface area contributed by atoms with Gasteiger partial charge in [0, 0.05) is 32.5 Å². The van der Waals surface area contributed by atoms with E-state index < -0.39 is 0 Å². The maximum atomic E-state index is 5.68. The lowest BCUT2D eigenvalue weighted by molar-refractivity contribution is 0.913. The van der Waals surface area contributed by atoms with Gasteiger partial charge < -0.3 is 15.0 Å². The first-order chi connectivity index (χ1) is 10.2. The number of aryl methyl sites for hydroxylation is 1. The van der Waals surface area contributed by atoms with Gasteiger partial charge in [0.1, 0.15) is 5.65 Å². The van der Waals surface area contributed by atoms with E-state index in [0.29, 0.717) is 6.54 Å². The average Bonchev–Trinajstić information content (AvgIpc) is 2.92. The van der Waals surface area contributed by atoms with Crippen LogP contribution in [0.5, 0.6) is 0 Å². The molecule has 0 spiro atoms. The van der Waals surface area contributed by atoms with Crippen LogP contribution in [0.2, 0.25) is 0 Å². The Kier molecular flexibility index (Phi) is 3.62. The van der Waals surface area contributed by atoms with Crippen molar-refractivity contribution in [3.8, 4) is 0 Å². The third kappa shape index (κ3) is 2.76. The zero-order chi connectivity index (χ0) is 14.8. The second-order valence-electron chi connectivity index (χ2n) is 5.39. The van der Waals surface area contributed by atoms with Gasteiger partial charge in [0.05, 0.1) is 11.4 Å². The quantitative estimate of drug-likeness (QED) is 0.799. The minimum atomic E-state index is 0.469. The summed E-state index contributed by atoms with van der Waals surface area (Å²) >= 11 is 0. The van der Waals surface area contributed by atoms with Crippen molar-refractivity contribution in [3.05, 3.63) is 65.6 Å². The van der Waals surface area contributed by atoms with Gasteiger partial charge in [0.2, 0.25) is 0 Å². The number of nitrogens with zero attached hydrogens (tertiary/aromatic N) is 3. The van der Waals surface area contributed by atoms with E-state index in [1.54, 1.807) is 0 Å². The molecule has 0 aliphatic rings. The summed E-state index contributed by atoms with van der Waals surface area (Å²) in [5, 5.41) is 0. The van der Waals surface area contributed by atoms with Gasteiger partial charge in [0.15, 0.2) is 0 Å². The first-order valence-corrected chi connectivity index (χ1v) is 7.11. The summed E-state index contributed by atoms with van der Waals surface area (Å²) in [6, 6.07) is 12.6. The molecule has 4 nitrogen and oxygen atoms in total. The van der Waals surface area contributed by atoms with Gasteiger partial charge in [-0.1, -0.05) is 30.3 Å². The molecule has 0 saturated carbocycles. The van der Waals surface area contributed by atoms with Crippen LogP contribution in [0.1, 0.15) is 16.8 Å². The Morgan fingerprint density at radius 2 is 1.95 bits per heavy atom. The van der Waals surface area contributed by atoms with Gasteiger partial charge in [0.25, 0.3) is 0 Å². The number of nitrogens with two attached hydrogens (primary N) is 1. The van der Waals surface area contributed by atoms with Crippen molar-refractivity contribution in [2.24, 2.45) is 5.73 Å². The third-order valence-electron chi connectivity index (χ3n) is 3.68. The number of rotatable bonds is 4. The van der Waals surface area contributed by atoms with Crippen molar-refractivity contribution < 1.29 is 0 Å². The molecule has 0 atom stereocenters. The molecule has 0 aliphatic heterocycles. The SMILES string of the molecule is Cc1cc(N(C)Cc2ccccc2)cn2cc(CN)nc12. The number of aromatic nitrogens is 2. The molecule has 2 heterocycles. The van der Waals surface area contributed by atoms with Crippen molar-refractivity contribution in [1.29, 1.82) is 0 Å². The highest BCUT2D eigenvalue weighted by Crippen LogP contribution is 2.20. The second-order valence-corrected chi connectivity index (χ2v) is 5.39. The third-order valence-corrected chi connectivity index (χ3v) is 3.68. The monoisotopic (exact) mass is 280 g/mol. The summed E-state index contributed by atoms with van der Waals surface area (Å²) in [4.78, 5) is 6.77. The van der Waals surface area contributed by atoms with Crippen molar-refractivity contribution in [1.82, 2.24) is 9.38 Å². The lowest BCUT2D eigenvalue weighted by Crippen LogP contribution is -2.17. The molecular weight excluding hydrogens is 260 g/mol. The number of hydrogen-bond acceptors (Lipinski definition) is 3. The number of fused-ring (bicyclic) bond motifs is 1. The Bertz CT molecular complexity index is 746. The lowest BCUT2D eigenvalue weighted by atomic mass is 10.2. The van der Waals surface area contributed by atoms with E-state index in [4.69, 9.17) is 5.73 Å². The van der Waals surface area contributed by atoms with Gasteiger partial charge >= 0.3 is 0 Å². The summed E-state index contributed by atoms with van der Waals surface area (Å²) in [7, 11) is 2.11. The molecule has 3 rings (SSSR count). The van der Waals surface area contributed by atoms with Gasteiger partial charge in [-0.2, -0.15) is 0 Å². The molecule has 0 saturated heterocycles. The van der Waals surface area contributed by atoms with E-state index in [2.05, 4.69) is 64.8 Å². The van der Waals surface area contributed by atoms with Crippen LogP contribution in [0, 0.1) is 6.92 Å². The average molecular weight is 280 g/mol. The van der Waals surface area contributed by atoms with Crippen LogP contribution >= 0.6 is 0 Å². The number of benzene rings is 1.